The van der Waals surface area contributed by atoms with Gasteiger partial charge in [-0.3, -0.25) is 9.59 Å². The van der Waals surface area contributed by atoms with Gasteiger partial charge in [0.25, 0.3) is 5.91 Å². The molecule has 3 N–H and O–H groups in total. The van der Waals surface area contributed by atoms with Crippen LogP contribution in [0.4, 0.5) is 11.5 Å². The number of hydrogen-bond acceptors (Lipinski definition) is 6. The first-order valence-electron chi connectivity index (χ1n) is 13.1. The minimum atomic E-state index is -0.210. The van der Waals surface area contributed by atoms with Gasteiger partial charge in [0.15, 0.2) is 5.65 Å². The molecule has 1 aliphatic heterocycles. The number of piperidine rings is 1. The number of nitrogens with one attached hydrogen (secondary N) is 1. The lowest BCUT2D eigenvalue weighted by Gasteiger charge is -2.32. The second kappa shape index (κ2) is 10.6. The van der Waals surface area contributed by atoms with Crippen LogP contribution in [0.1, 0.15) is 67.9 Å². The Morgan fingerprint density at radius 1 is 1.13 bits per heavy atom. The van der Waals surface area contributed by atoms with Crippen LogP contribution in [-0.4, -0.2) is 49.6 Å². The summed E-state index contributed by atoms with van der Waals surface area (Å²) in [4.78, 5) is 36.1. The van der Waals surface area contributed by atoms with E-state index in [0.29, 0.717) is 47.0 Å². The van der Waals surface area contributed by atoms with Crippen LogP contribution in [0.2, 0.25) is 0 Å². The van der Waals surface area contributed by atoms with E-state index in [0.717, 1.165) is 30.6 Å². The van der Waals surface area contributed by atoms with Gasteiger partial charge in [-0.1, -0.05) is 45.0 Å². The molecular formula is C29H33N7O2. The number of likely N-dealkylation sites (tertiary alicyclic amines) is 1. The summed E-state index contributed by atoms with van der Waals surface area (Å²) in [6.45, 7) is 7.48. The summed E-state index contributed by atoms with van der Waals surface area (Å²) in [7, 11) is 0. The minimum absolute atomic E-state index is 0.0231. The van der Waals surface area contributed by atoms with Crippen LogP contribution in [0.3, 0.4) is 0 Å². The van der Waals surface area contributed by atoms with E-state index in [4.69, 9.17) is 10.8 Å². The predicted molar refractivity (Wildman–Crippen MR) is 149 cm³/mol. The first-order valence-corrected chi connectivity index (χ1v) is 13.1. The van der Waals surface area contributed by atoms with Crippen LogP contribution in [0.15, 0.2) is 54.9 Å². The number of nitrogens with zero attached hydrogens (tertiary/aromatic N) is 5. The van der Waals surface area contributed by atoms with Crippen molar-refractivity contribution in [2.24, 2.45) is 0 Å². The second-order valence-electron chi connectivity index (χ2n) is 10.1. The standard InChI is InChI=1S/C29H33N7O2/c1-4-24(37)35-14-6-9-23(16-35)36-28-25(27(30)31-17-32-28)26(34-36)20-7-5-8-21(15-20)29(38)33-22-12-10-19(11-13-22)18(2)3/h5,7-8,10-13,15,17-18,23H,4,6,9,14,16H2,1-3H3,(H,33,38)(H2,30,31,32)/t23-/m1/s1. The maximum Gasteiger partial charge on any atom is 0.255 e. The molecule has 5 rings (SSSR count). The molecule has 0 spiro atoms. The van der Waals surface area contributed by atoms with E-state index in [1.807, 2.05) is 59.0 Å². The molecule has 2 aromatic carbocycles. The van der Waals surface area contributed by atoms with Crippen molar-refractivity contribution >= 4 is 34.4 Å². The fraction of sp³-hybridized carbons (Fsp3) is 0.345. The molecule has 2 aromatic heterocycles. The largest absolute Gasteiger partial charge is 0.383 e. The molecule has 0 saturated carbocycles. The SMILES string of the molecule is CCC(=O)N1CCC[C@@H](n2nc(-c3cccc(C(=O)Nc4ccc(C(C)C)cc4)c3)c3c(N)ncnc32)C1. The Hall–Kier alpha value is -4.27. The van der Waals surface area contributed by atoms with Gasteiger partial charge in [0.1, 0.15) is 17.8 Å². The summed E-state index contributed by atoms with van der Waals surface area (Å²) in [5.41, 5.74) is 10.8. The van der Waals surface area contributed by atoms with E-state index in [1.165, 1.54) is 11.9 Å². The normalized spacial score (nSPS) is 15.7. The number of anilines is 2. The zero-order valence-electron chi connectivity index (χ0n) is 22.0. The zero-order valence-corrected chi connectivity index (χ0v) is 22.0. The number of carbonyl (C=O) groups is 2. The molecule has 1 aliphatic rings. The van der Waals surface area contributed by atoms with Gasteiger partial charge in [-0.15, -0.1) is 0 Å². The number of benzene rings is 2. The first-order chi connectivity index (χ1) is 18.4. The van der Waals surface area contributed by atoms with Crippen molar-refractivity contribution in [3.8, 4) is 11.3 Å². The monoisotopic (exact) mass is 511 g/mol. The summed E-state index contributed by atoms with van der Waals surface area (Å²) >= 11 is 0. The molecule has 1 saturated heterocycles. The van der Waals surface area contributed by atoms with Crippen LogP contribution in [0.25, 0.3) is 22.3 Å². The van der Waals surface area contributed by atoms with E-state index < -0.39 is 0 Å². The topological polar surface area (TPSA) is 119 Å². The number of amides is 2. The average Bonchev–Trinajstić information content (AvgIpc) is 3.34. The molecule has 3 heterocycles. The van der Waals surface area contributed by atoms with Crippen molar-refractivity contribution in [2.75, 3.05) is 24.1 Å². The molecule has 9 nitrogen and oxygen atoms in total. The Morgan fingerprint density at radius 2 is 1.92 bits per heavy atom. The highest BCUT2D eigenvalue weighted by molar-refractivity contribution is 6.06. The quantitative estimate of drug-likeness (QED) is 0.375. The van der Waals surface area contributed by atoms with E-state index in [1.54, 1.807) is 6.07 Å². The third-order valence-electron chi connectivity index (χ3n) is 7.15. The van der Waals surface area contributed by atoms with E-state index >= 15 is 0 Å². The predicted octanol–water partition coefficient (Wildman–Crippen LogP) is 5.02. The molecule has 0 aliphatic carbocycles. The van der Waals surface area contributed by atoms with Crippen molar-refractivity contribution in [2.45, 2.75) is 52.0 Å². The Bertz CT molecular complexity index is 1480. The van der Waals surface area contributed by atoms with Crippen molar-refractivity contribution < 1.29 is 9.59 Å². The van der Waals surface area contributed by atoms with Gasteiger partial charge in [-0.2, -0.15) is 5.10 Å². The van der Waals surface area contributed by atoms with Crippen molar-refractivity contribution in [3.63, 3.8) is 0 Å². The Kier molecular flexibility index (Phi) is 7.09. The van der Waals surface area contributed by atoms with Crippen LogP contribution >= 0.6 is 0 Å². The second-order valence-corrected chi connectivity index (χ2v) is 10.1. The van der Waals surface area contributed by atoms with Crippen LogP contribution in [0, 0.1) is 0 Å². The van der Waals surface area contributed by atoms with E-state index in [-0.39, 0.29) is 17.9 Å². The lowest BCUT2D eigenvalue weighted by Crippen LogP contribution is -2.40. The fourth-order valence-corrected chi connectivity index (χ4v) is 5.02. The highest BCUT2D eigenvalue weighted by Crippen LogP contribution is 2.34. The number of nitrogen functional groups attached to an aromatic ring is 1. The van der Waals surface area contributed by atoms with Gasteiger partial charge < -0.3 is 16.0 Å². The Labute approximate surface area is 222 Å². The Balaban J connectivity index is 1.47. The molecule has 4 aromatic rings. The smallest absolute Gasteiger partial charge is 0.255 e. The van der Waals surface area contributed by atoms with Crippen molar-refractivity contribution in [1.29, 1.82) is 0 Å². The maximum atomic E-state index is 13.1. The minimum Gasteiger partial charge on any atom is -0.383 e. The molecule has 38 heavy (non-hydrogen) atoms. The van der Waals surface area contributed by atoms with Gasteiger partial charge in [0.05, 0.1) is 11.4 Å². The molecule has 0 radical (unpaired) electrons. The molecule has 0 bridgehead atoms. The number of fused-ring (bicyclic) bond motifs is 1. The fourth-order valence-electron chi connectivity index (χ4n) is 5.02. The molecule has 1 atom stereocenters. The molecule has 9 heteroatoms. The molecular weight excluding hydrogens is 478 g/mol. The average molecular weight is 512 g/mol. The Morgan fingerprint density at radius 3 is 2.66 bits per heavy atom. The van der Waals surface area contributed by atoms with E-state index in [9.17, 15) is 9.59 Å². The number of nitrogens with two attached hydrogens (primary N) is 1. The zero-order chi connectivity index (χ0) is 26.8. The number of carbonyl (C=O) groups excluding carboxylic acids is 2. The highest BCUT2D eigenvalue weighted by Gasteiger charge is 2.28. The van der Waals surface area contributed by atoms with Gasteiger partial charge in [-0.05, 0) is 48.6 Å². The van der Waals surface area contributed by atoms with Crippen LogP contribution in [-0.2, 0) is 4.79 Å². The number of hydrogen-bond donors (Lipinski definition) is 2. The molecule has 1 fully saturated rings. The summed E-state index contributed by atoms with van der Waals surface area (Å²) in [5.74, 6) is 0.677. The van der Waals surface area contributed by atoms with Gasteiger partial charge in [0.2, 0.25) is 5.91 Å². The lowest BCUT2D eigenvalue weighted by atomic mass is 10.0. The summed E-state index contributed by atoms with van der Waals surface area (Å²) in [6, 6.07) is 15.2. The van der Waals surface area contributed by atoms with Crippen molar-refractivity contribution in [3.05, 3.63) is 66.0 Å². The number of rotatable bonds is 6. The van der Waals surface area contributed by atoms with Crippen LogP contribution in [0.5, 0.6) is 0 Å². The van der Waals surface area contributed by atoms with Crippen molar-refractivity contribution in [1.82, 2.24) is 24.6 Å². The molecule has 2 amide bonds. The molecule has 196 valence electrons. The third-order valence-corrected chi connectivity index (χ3v) is 7.15. The third kappa shape index (κ3) is 4.96. The summed E-state index contributed by atoms with van der Waals surface area (Å²) < 4.78 is 1.88. The highest BCUT2D eigenvalue weighted by atomic mass is 16.2. The van der Waals surface area contributed by atoms with Gasteiger partial charge >= 0.3 is 0 Å². The van der Waals surface area contributed by atoms with E-state index in [2.05, 4.69) is 29.1 Å². The maximum absolute atomic E-state index is 13.1. The van der Waals surface area contributed by atoms with Gasteiger partial charge in [0, 0.05) is 36.3 Å². The lowest BCUT2D eigenvalue weighted by molar-refractivity contribution is -0.132. The molecule has 0 unspecified atom stereocenters. The summed E-state index contributed by atoms with van der Waals surface area (Å²) in [6.07, 6.45) is 3.68. The number of aromatic nitrogens is 4. The van der Waals surface area contributed by atoms with Gasteiger partial charge in [-0.25, -0.2) is 14.6 Å². The van der Waals surface area contributed by atoms with Crippen LogP contribution < -0.4 is 11.1 Å². The first kappa shape index (κ1) is 25.4. The summed E-state index contributed by atoms with van der Waals surface area (Å²) in [5, 5.41) is 8.56.